The standard InChI is InChI=1S/C7H7F6N2.C2F6NO4S2/c1-14-2-3-15(4-14)7(12,13)5(8)6(9,10)11;3-1(4,5)14(10,11)9-15(12,13)2(6,7)8/h2-5H,1H3;/q+1;-1. The van der Waals surface area contributed by atoms with E-state index in [0.717, 1.165) is 14.9 Å². The zero-order valence-corrected chi connectivity index (χ0v) is 15.3. The lowest BCUT2D eigenvalue weighted by Gasteiger charge is -2.22. The molecule has 0 saturated heterocycles. The van der Waals surface area contributed by atoms with Crippen LogP contribution >= 0.6 is 0 Å². The van der Waals surface area contributed by atoms with E-state index in [0.29, 0.717) is 12.5 Å². The number of aryl methyl sites for hydroxylation is 1. The molecule has 0 bridgehead atoms. The van der Waals surface area contributed by atoms with Gasteiger partial charge in [0.25, 0.3) is 0 Å². The van der Waals surface area contributed by atoms with Gasteiger partial charge in [-0.1, -0.05) is 0 Å². The van der Waals surface area contributed by atoms with Crippen LogP contribution in [-0.4, -0.2) is 44.8 Å². The van der Waals surface area contributed by atoms with E-state index in [4.69, 9.17) is 0 Å². The first-order valence-electron chi connectivity index (χ1n) is 6.35. The molecule has 1 aromatic heterocycles. The van der Waals surface area contributed by atoms with Crippen LogP contribution in [0.25, 0.3) is 4.13 Å². The highest BCUT2D eigenvalue weighted by molar-refractivity contribution is 8.13. The van der Waals surface area contributed by atoms with Crippen molar-refractivity contribution in [3.63, 3.8) is 0 Å². The molecule has 0 aliphatic carbocycles. The van der Waals surface area contributed by atoms with E-state index < -0.39 is 49.5 Å². The lowest BCUT2D eigenvalue weighted by Crippen LogP contribution is -2.43. The minimum absolute atomic E-state index is 0.120. The largest absolute Gasteiger partial charge is 0.480 e. The van der Waals surface area contributed by atoms with Gasteiger partial charge in [-0.05, 0) is 0 Å². The van der Waals surface area contributed by atoms with E-state index in [-0.39, 0.29) is 4.57 Å². The van der Waals surface area contributed by atoms with Crippen LogP contribution in [0.5, 0.6) is 0 Å². The van der Waals surface area contributed by atoms with Crippen molar-refractivity contribution in [2.24, 2.45) is 7.05 Å². The van der Waals surface area contributed by atoms with Crippen LogP contribution in [0, 0.1) is 0 Å². The normalized spacial score (nSPS) is 15.4. The summed E-state index contributed by atoms with van der Waals surface area (Å²) in [5.41, 5.74) is -12.4. The predicted molar refractivity (Wildman–Crippen MR) is 70.1 cm³/mol. The third-order valence-corrected chi connectivity index (χ3v) is 5.23. The third kappa shape index (κ3) is 6.89. The SMILES string of the molecule is C[n+]1ccn(C(F)(F)C(F)C(F)(F)F)c1.O=S(=O)([N-]S(=O)(=O)C(F)(F)F)C(F)(F)F. The van der Waals surface area contributed by atoms with E-state index in [2.05, 4.69) is 0 Å². The molecule has 0 aromatic carbocycles. The van der Waals surface area contributed by atoms with Crippen molar-refractivity contribution in [2.75, 3.05) is 0 Å². The Morgan fingerprint density at radius 1 is 0.833 bits per heavy atom. The van der Waals surface area contributed by atoms with Gasteiger partial charge in [-0.15, -0.1) is 0 Å². The maximum atomic E-state index is 12.9. The van der Waals surface area contributed by atoms with Crippen LogP contribution in [0.15, 0.2) is 18.7 Å². The van der Waals surface area contributed by atoms with Crippen molar-refractivity contribution in [3.05, 3.63) is 22.8 Å². The molecule has 1 aromatic rings. The molecule has 1 rings (SSSR count). The lowest BCUT2D eigenvalue weighted by atomic mass is 10.3. The van der Waals surface area contributed by atoms with Gasteiger partial charge in [0.1, 0.15) is 12.4 Å². The molecule has 0 amide bonds. The Morgan fingerprint density at radius 3 is 1.43 bits per heavy atom. The maximum absolute atomic E-state index is 12.9. The molecule has 21 heteroatoms. The summed E-state index contributed by atoms with van der Waals surface area (Å²) in [5.74, 6) is 0. The number of hydrogen-bond donors (Lipinski definition) is 0. The summed E-state index contributed by atoms with van der Waals surface area (Å²) in [7, 11) is -12.1. The fourth-order valence-electron chi connectivity index (χ4n) is 1.17. The van der Waals surface area contributed by atoms with Crippen LogP contribution in [0.1, 0.15) is 0 Å². The molecular weight excluding hydrogens is 506 g/mol. The third-order valence-electron chi connectivity index (χ3n) is 2.49. The average molecular weight is 513 g/mol. The number of nitrogens with zero attached hydrogens (tertiary/aromatic N) is 3. The smallest absolute Gasteiger partial charge is 0.421 e. The Hall–Kier alpha value is -1.77. The number of sulfonamides is 2. The first-order chi connectivity index (χ1) is 12.9. The van der Waals surface area contributed by atoms with E-state index in [1.165, 1.54) is 7.05 Å². The quantitative estimate of drug-likeness (QED) is 0.458. The number of aromatic nitrogens is 2. The molecule has 178 valence electrons. The molecule has 1 atom stereocenters. The first-order valence-corrected chi connectivity index (χ1v) is 9.23. The summed E-state index contributed by atoms with van der Waals surface area (Å²) in [4.78, 5) is 0. The Morgan fingerprint density at radius 2 is 1.20 bits per heavy atom. The molecule has 0 fully saturated rings. The van der Waals surface area contributed by atoms with Gasteiger partial charge in [0.2, 0.25) is 6.33 Å². The Kier molecular flexibility index (Phi) is 7.90. The second-order valence-electron chi connectivity index (χ2n) is 4.89. The van der Waals surface area contributed by atoms with E-state index in [9.17, 15) is 69.5 Å². The van der Waals surface area contributed by atoms with Crippen molar-refractivity contribution in [1.29, 1.82) is 0 Å². The summed E-state index contributed by atoms with van der Waals surface area (Å²) in [6, 6.07) is -4.64. The average Bonchev–Trinajstić information content (AvgIpc) is 2.90. The molecular formula is C9H7F12N3O4S2. The first kappa shape index (κ1) is 28.2. The Labute approximate surface area is 159 Å². The van der Waals surface area contributed by atoms with Crippen molar-refractivity contribution in [2.45, 2.75) is 29.4 Å². The molecule has 0 radical (unpaired) electrons. The van der Waals surface area contributed by atoms with Crippen LogP contribution in [0.3, 0.4) is 0 Å². The zero-order chi connectivity index (χ0) is 24.6. The van der Waals surface area contributed by atoms with Crippen molar-refractivity contribution >= 4 is 20.0 Å². The van der Waals surface area contributed by atoms with Gasteiger partial charge < -0.3 is 4.13 Å². The minimum atomic E-state index is -6.72. The number of hydrogen-bond acceptors (Lipinski definition) is 4. The van der Waals surface area contributed by atoms with Crippen LogP contribution in [0.4, 0.5) is 52.7 Å². The fraction of sp³-hybridized carbons (Fsp3) is 0.667. The summed E-state index contributed by atoms with van der Waals surface area (Å²) < 4.78 is 184. The van der Waals surface area contributed by atoms with Gasteiger partial charge in [-0.3, -0.25) is 0 Å². The molecule has 1 unspecified atom stereocenters. The van der Waals surface area contributed by atoms with E-state index in [1.54, 1.807) is 0 Å². The number of halogens is 12. The highest BCUT2D eigenvalue weighted by atomic mass is 32.3. The Bertz CT molecular complexity index is 887. The van der Waals surface area contributed by atoms with Gasteiger partial charge in [-0.25, -0.2) is 25.8 Å². The summed E-state index contributed by atoms with van der Waals surface area (Å²) >= 11 is 0. The van der Waals surface area contributed by atoms with Gasteiger partial charge in [-0.2, -0.15) is 52.9 Å². The molecule has 7 nitrogen and oxygen atoms in total. The van der Waals surface area contributed by atoms with E-state index in [1.807, 2.05) is 0 Å². The monoisotopic (exact) mass is 513 g/mol. The van der Waals surface area contributed by atoms with Gasteiger partial charge >= 0.3 is 29.4 Å². The number of alkyl halides is 12. The summed E-state index contributed by atoms with van der Waals surface area (Å²) in [5, 5.41) is 0. The maximum Gasteiger partial charge on any atom is 0.480 e. The molecule has 0 spiro atoms. The predicted octanol–water partition coefficient (Wildman–Crippen LogP) is 2.82. The second-order valence-corrected chi connectivity index (χ2v) is 8.32. The second kappa shape index (κ2) is 8.40. The summed E-state index contributed by atoms with van der Waals surface area (Å²) in [6.07, 6.45) is -7.41. The fourth-order valence-corrected chi connectivity index (χ4v) is 2.88. The molecule has 1 heterocycles. The Balaban J connectivity index is 0.000000561. The number of imidazole rings is 1. The van der Waals surface area contributed by atoms with Crippen LogP contribution in [-0.2, 0) is 33.1 Å². The van der Waals surface area contributed by atoms with Crippen molar-refractivity contribution in [1.82, 2.24) is 4.57 Å². The van der Waals surface area contributed by atoms with Crippen molar-refractivity contribution < 1.29 is 74.1 Å². The molecule has 0 N–H and O–H groups in total. The number of rotatable bonds is 4. The molecule has 0 aliphatic rings. The molecule has 0 saturated carbocycles. The minimum Gasteiger partial charge on any atom is -0.421 e. The zero-order valence-electron chi connectivity index (χ0n) is 13.6. The van der Waals surface area contributed by atoms with E-state index >= 15 is 0 Å². The van der Waals surface area contributed by atoms with Crippen molar-refractivity contribution in [3.8, 4) is 0 Å². The topological polar surface area (TPSA) is 91.2 Å². The lowest BCUT2D eigenvalue weighted by molar-refractivity contribution is -0.671. The highest BCUT2D eigenvalue weighted by Crippen LogP contribution is 2.38. The van der Waals surface area contributed by atoms with Gasteiger partial charge in [0.15, 0.2) is 20.0 Å². The summed E-state index contributed by atoms with van der Waals surface area (Å²) in [6.45, 7) is 0. The molecule has 30 heavy (non-hydrogen) atoms. The molecule has 0 aliphatic heterocycles. The van der Waals surface area contributed by atoms with Gasteiger partial charge in [0, 0.05) is 0 Å². The van der Waals surface area contributed by atoms with Gasteiger partial charge in [0.05, 0.1) is 7.05 Å². The van der Waals surface area contributed by atoms with Crippen LogP contribution < -0.4 is 4.57 Å². The highest BCUT2D eigenvalue weighted by Gasteiger charge is 2.61. The van der Waals surface area contributed by atoms with Crippen LogP contribution in [0.2, 0.25) is 0 Å².